The van der Waals surface area contributed by atoms with Gasteiger partial charge in [-0.3, -0.25) is 9.59 Å². The molecule has 164 valence electrons. The number of carbonyl (C=O) groups excluding carboxylic acids is 2. The Bertz CT molecular complexity index is 954. The number of fused-ring (bicyclic) bond motifs is 1. The molecule has 0 aliphatic carbocycles. The maximum absolute atomic E-state index is 13.0. The molecular formula is C25H31N3O3. The minimum absolute atomic E-state index is 0.149. The Hall–Kier alpha value is -2.86. The summed E-state index contributed by atoms with van der Waals surface area (Å²) in [6.07, 6.45) is 3.29. The minimum atomic E-state index is -0.426. The molecule has 31 heavy (non-hydrogen) atoms. The first-order chi connectivity index (χ1) is 15.0. The van der Waals surface area contributed by atoms with Crippen molar-refractivity contribution >= 4 is 11.8 Å². The largest absolute Gasteiger partial charge is 0.491 e. The maximum atomic E-state index is 13.0. The summed E-state index contributed by atoms with van der Waals surface area (Å²) in [5.74, 6) is 0.817. The van der Waals surface area contributed by atoms with Crippen LogP contribution in [0.3, 0.4) is 0 Å². The molecule has 4 rings (SSSR count). The van der Waals surface area contributed by atoms with E-state index in [0.29, 0.717) is 35.9 Å². The third-order valence-electron chi connectivity index (χ3n) is 6.63. The van der Waals surface area contributed by atoms with E-state index in [2.05, 4.69) is 35.0 Å². The molecule has 2 amide bonds. The number of hydrogen-bond acceptors (Lipinski definition) is 4. The highest BCUT2D eigenvalue weighted by Crippen LogP contribution is 2.45. The van der Waals surface area contributed by atoms with Crippen LogP contribution in [0.2, 0.25) is 0 Å². The number of hydrogen-bond donors (Lipinski definition) is 3. The number of rotatable bonds is 6. The average Bonchev–Trinajstić information content (AvgIpc) is 3.17. The second-order valence-corrected chi connectivity index (χ2v) is 8.70. The van der Waals surface area contributed by atoms with Gasteiger partial charge >= 0.3 is 0 Å². The molecule has 2 aromatic rings. The van der Waals surface area contributed by atoms with Gasteiger partial charge in [0.1, 0.15) is 12.4 Å². The number of carbonyl (C=O) groups is 2. The first kappa shape index (κ1) is 21.4. The van der Waals surface area contributed by atoms with Crippen LogP contribution in [0.4, 0.5) is 0 Å². The van der Waals surface area contributed by atoms with E-state index in [1.807, 2.05) is 24.3 Å². The molecule has 3 N–H and O–H groups in total. The molecule has 1 unspecified atom stereocenters. The van der Waals surface area contributed by atoms with Crippen molar-refractivity contribution in [1.29, 1.82) is 0 Å². The molecule has 2 aliphatic heterocycles. The predicted octanol–water partition coefficient (Wildman–Crippen LogP) is 2.86. The quantitative estimate of drug-likeness (QED) is 0.670. The average molecular weight is 422 g/mol. The molecular weight excluding hydrogens is 390 g/mol. The summed E-state index contributed by atoms with van der Waals surface area (Å²) in [6, 6.07) is 13.6. The molecule has 0 saturated carbocycles. The molecule has 6 nitrogen and oxygen atoms in total. The van der Waals surface area contributed by atoms with E-state index in [0.717, 1.165) is 43.5 Å². The Morgan fingerprint density at radius 3 is 2.58 bits per heavy atom. The fraction of sp³-hybridized carbons (Fsp3) is 0.440. The highest BCUT2D eigenvalue weighted by molar-refractivity contribution is 6.02. The topological polar surface area (TPSA) is 79.5 Å². The Labute approximate surface area is 183 Å². The summed E-state index contributed by atoms with van der Waals surface area (Å²) in [7, 11) is 1.59. The fourth-order valence-electron chi connectivity index (χ4n) is 4.63. The summed E-state index contributed by atoms with van der Waals surface area (Å²) < 4.78 is 6.02. The Balaban J connectivity index is 1.61. The number of amides is 2. The monoisotopic (exact) mass is 421 g/mol. The third kappa shape index (κ3) is 4.30. The summed E-state index contributed by atoms with van der Waals surface area (Å²) in [5.41, 5.74) is 2.45. The van der Waals surface area contributed by atoms with Crippen LogP contribution in [-0.4, -0.2) is 45.1 Å². The van der Waals surface area contributed by atoms with E-state index in [-0.39, 0.29) is 11.8 Å². The lowest BCUT2D eigenvalue weighted by molar-refractivity contribution is 0.0950. The van der Waals surface area contributed by atoms with Gasteiger partial charge in [0.15, 0.2) is 0 Å². The normalized spacial score (nSPS) is 20.6. The van der Waals surface area contributed by atoms with Crippen molar-refractivity contribution in [3.8, 4) is 5.75 Å². The molecule has 0 bridgehead atoms. The van der Waals surface area contributed by atoms with Gasteiger partial charge < -0.3 is 20.7 Å². The third-order valence-corrected chi connectivity index (χ3v) is 6.63. The van der Waals surface area contributed by atoms with Gasteiger partial charge in [-0.2, -0.15) is 0 Å². The molecule has 0 aromatic heterocycles. The van der Waals surface area contributed by atoms with E-state index >= 15 is 0 Å². The zero-order chi connectivity index (χ0) is 21.8. The molecule has 1 atom stereocenters. The lowest BCUT2D eigenvalue weighted by Gasteiger charge is -2.24. The van der Waals surface area contributed by atoms with E-state index in [1.165, 1.54) is 0 Å². The van der Waals surface area contributed by atoms with Crippen LogP contribution in [0.1, 0.15) is 58.0 Å². The van der Waals surface area contributed by atoms with Gasteiger partial charge in [-0.25, -0.2) is 0 Å². The molecule has 2 heterocycles. The lowest BCUT2D eigenvalue weighted by atomic mass is 9.77. The van der Waals surface area contributed by atoms with Gasteiger partial charge in [-0.15, -0.1) is 0 Å². The van der Waals surface area contributed by atoms with E-state index in [4.69, 9.17) is 4.74 Å². The molecule has 1 fully saturated rings. The Kier molecular flexibility index (Phi) is 6.28. The van der Waals surface area contributed by atoms with Crippen molar-refractivity contribution in [2.24, 2.45) is 5.92 Å². The molecule has 2 aromatic carbocycles. The van der Waals surface area contributed by atoms with E-state index < -0.39 is 5.41 Å². The Morgan fingerprint density at radius 2 is 1.87 bits per heavy atom. The molecule has 6 heteroatoms. The van der Waals surface area contributed by atoms with Crippen LogP contribution in [-0.2, 0) is 5.41 Å². The van der Waals surface area contributed by atoms with Crippen molar-refractivity contribution < 1.29 is 14.3 Å². The van der Waals surface area contributed by atoms with Crippen molar-refractivity contribution in [3.63, 3.8) is 0 Å². The van der Waals surface area contributed by atoms with Crippen LogP contribution in [0.15, 0.2) is 42.5 Å². The van der Waals surface area contributed by atoms with Crippen molar-refractivity contribution in [1.82, 2.24) is 16.0 Å². The van der Waals surface area contributed by atoms with Crippen molar-refractivity contribution in [3.05, 3.63) is 64.7 Å². The number of nitrogens with one attached hydrogen (secondary N) is 3. The zero-order valence-electron chi connectivity index (χ0n) is 18.3. The summed E-state index contributed by atoms with van der Waals surface area (Å²) in [5, 5.41) is 9.10. The van der Waals surface area contributed by atoms with Crippen molar-refractivity contribution in [2.45, 2.75) is 31.6 Å². The smallest absolute Gasteiger partial charge is 0.254 e. The number of piperidine rings is 1. The first-order valence-corrected chi connectivity index (χ1v) is 11.1. The zero-order valence-corrected chi connectivity index (χ0v) is 18.3. The summed E-state index contributed by atoms with van der Waals surface area (Å²) >= 11 is 0. The van der Waals surface area contributed by atoms with Crippen LogP contribution in [0.5, 0.6) is 5.75 Å². The molecule has 1 saturated heterocycles. The van der Waals surface area contributed by atoms with Gasteiger partial charge in [0.05, 0.1) is 11.0 Å². The number of ether oxygens (including phenoxy) is 1. The SMILES string of the molecule is CNC(=O)c1cc(C(=O)NCCC2CCNCC2)cc2c1OCC2(C)c1ccccc1. The van der Waals surface area contributed by atoms with Gasteiger partial charge in [-0.1, -0.05) is 30.3 Å². The van der Waals surface area contributed by atoms with Gasteiger partial charge in [0.25, 0.3) is 11.8 Å². The van der Waals surface area contributed by atoms with Gasteiger partial charge in [-0.05, 0) is 62.9 Å². The second kappa shape index (κ2) is 9.10. The highest BCUT2D eigenvalue weighted by Gasteiger charge is 2.40. The maximum Gasteiger partial charge on any atom is 0.254 e. The summed E-state index contributed by atoms with van der Waals surface area (Å²) in [4.78, 5) is 25.6. The highest BCUT2D eigenvalue weighted by atomic mass is 16.5. The van der Waals surface area contributed by atoms with Gasteiger partial charge in [0.2, 0.25) is 0 Å². The standard InChI is InChI=1S/C25H31N3O3/c1-25(19-6-4-3-5-7-19)16-31-22-20(24(30)26-2)14-18(15-21(22)25)23(29)28-13-10-17-8-11-27-12-9-17/h3-7,14-15,17,27H,8-13,16H2,1-2H3,(H,26,30)(H,28,29). The first-order valence-electron chi connectivity index (χ1n) is 11.1. The Morgan fingerprint density at radius 1 is 1.13 bits per heavy atom. The summed E-state index contributed by atoms with van der Waals surface area (Å²) in [6.45, 7) is 5.27. The number of benzene rings is 2. The minimum Gasteiger partial charge on any atom is -0.491 e. The molecule has 0 radical (unpaired) electrons. The lowest BCUT2D eigenvalue weighted by Crippen LogP contribution is -2.31. The molecule has 2 aliphatic rings. The predicted molar refractivity (Wildman–Crippen MR) is 121 cm³/mol. The van der Waals surface area contributed by atoms with Crippen molar-refractivity contribution in [2.75, 3.05) is 33.3 Å². The van der Waals surface area contributed by atoms with E-state index in [9.17, 15) is 9.59 Å². The molecule has 0 spiro atoms. The van der Waals surface area contributed by atoms with Crippen LogP contribution < -0.4 is 20.7 Å². The van der Waals surface area contributed by atoms with Crippen LogP contribution >= 0.6 is 0 Å². The van der Waals surface area contributed by atoms with Gasteiger partial charge in [0, 0.05) is 24.7 Å². The fourth-order valence-corrected chi connectivity index (χ4v) is 4.63. The van der Waals surface area contributed by atoms with Crippen LogP contribution in [0, 0.1) is 5.92 Å². The second-order valence-electron chi connectivity index (χ2n) is 8.70. The van der Waals surface area contributed by atoms with E-state index in [1.54, 1.807) is 13.1 Å². The van der Waals surface area contributed by atoms with Crippen LogP contribution in [0.25, 0.3) is 0 Å².